The van der Waals surface area contributed by atoms with Crippen molar-refractivity contribution < 1.29 is 77.6 Å². The van der Waals surface area contributed by atoms with Gasteiger partial charge in [0.25, 0.3) is 0 Å². The molecule has 12 atom stereocenters. The Morgan fingerprint density at radius 3 is 2.16 bits per heavy atom. The van der Waals surface area contributed by atoms with Gasteiger partial charge in [0.1, 0.15) is 30.2 Å². The van der Waals surface area contributed by atoms with Crippen LogP contribution in [0, 0.1) is 17.8 Å². The number of amides is 13. The number of aliphatic hydroxyl groups excluding tert-OH is 3. The second-order valence-electron chi connectivity index (χ2n) is 22.7. The Morgan fingerprint density at radius 2 is 1.47 bits per heavy atom. The van der Waals surface area contributed by atoms with Crippen LogP contribution >= 0.6 is 24.4 Å². The zero-order chi connectivity index (χ0) is 64.8. The van der Waals surface area contributed by atoms with Crippen LogP contribution in [-0.4, -0.2) is 206 Å². The van der Waals surface area contributed by atoms with Crippen LogP contribution in [0.3, 0.4) is 0 Å². The number of nitrogens with one attached hydrogen (secondary N) is 11. The molecule has 31 heteroatoms. The second kappa shape index (κ2) is 31.4. The lowest BCUT2D eigenvalue weighted by molar-refractivity contribution is -0.141. The number of nitrogens with zero attached hydrogens (tertiary/aromatic N) is 2. The van der Waals surface area contributed by atoms with E-state index in [0.29, 0.717) is 39.2 Å². The SMILES string of the molecule is CCC(C)C1NC(=O)CNC(=O)C2Cc3c([nH]c4ccccc34)SCC(NC(=O)CNC1=O)C(=O)NC(CC(=O)NCc1ccc(NC(=O)[C@H](C)NC(=O)CNC(=O)CCN3C(=O)CC(S)C3=O)cc1)C(=O)N1CC(O)CC1CC(C(C)C(O)CO)C(=O)N2. The summed E-state index contributed by atoms with van der Waals surface area (Å²) >= 11 is 5.09. The molecule has 2 fully saturated rings. The van der Waals surface area contributed by atoms with Crippen molar-refractivity contribution in [3.05, 3.63) is 59.7 Å². The number of aromatic nitrogens is 1. The van der Waals surface area contributed by atoms with E-state index in [1.54, 1.807) is 50.2 Å². The van der Waals surface area contributed by atoms with Crippen molar-refractivity contribution >= 4 is 118 Å². The number of carbonyl (C=O) groups excluding carboxylic acids is 13. The van der Waals surface area contributed by atoms with Crippen molar-refractivity contribution in [2.75, 3.05) is 50.4 Å². The number of thioether (sulfide) groups is 1. The monoisotopic (exact) mass is 1280 g/mol. The number of thiol groups is 1. The van der Waals surface area contributed by atoms with Crippen LogP contribution in [0.2, 0.25) is 0 Å². The summed E-state index contributed by atoms with van der Waals surface area (Å²) < 4.78 is 0. The van der Waals surface area contributed by atoms with Gasteiger partial charge in [-0.3, -0.25) is 67.2 Å². The number of para-hydroxylation sites is 1. The van der Waals surface area contributed by atoms with E-state index in [2.05, 4.69) is 70.8 Å². The minimum Gasteiger partial charge on any atom is -0.394 e. The fourth-order valence-electron chi connectivity index (χ4n) is 10.8. The lowest BCUT2D eigenvalue weighted by atomic mass is 9.82. The maximum atomic E-state index is 15.1. The van der Waals surface area contributed by atoms with Gasteiger partial charge in [-0.1, -0.05) is 57.5 Å². The van der Waals surface area contributed by atoms with Gasteiger partial charge in [0.15, 0.2) is 0 Å². The van der Waals surface area contributed by atoms with Gasteiger partial charge in [-0.25, -0.2) is 0 Å². The number of fused-ring (bicyclic) bond motifs is 5. The molecule has 13 amide bonds. The molecule has 0 saturated carbocycles. The third-order valence-corrected chi connectivity index (χ3v) is 17.7. The molecule has 482 valence electrons. The van der Waals surface area contributed by atoms with Gasteiger partial charge < -0.3 is 78.4 Å². The standard InChI is InChI=1S/C58H77N13O16S2/c1-5-28(2)50-55(85)62-23-47(78)65-41-27-89-56-37(35-8-6-7-9-38(35)68-56)18-39(53(83)61-24-48(79)69-50)66-52(82)36(29(3)42(74)26-72)17-33-16-34(73)25-71(33)57(86)40(67-54(41)84)19-45(76)59-21-31-10-12-32(13-11-31)64-51(81)30(4)63-46(77)22-60-44(75)14-15-70-49(80)20-43(88)58(70)87/h6-13,28-30,33-34,36,39-43,50,68,72-74,88H,5,14-27H2,1-4H3,(H,59,76)(H,60,75)(H,61,83)(H,62,85)(H,63,77)(H,64,81)(H,65,78)(H,66,82)(H,67,84)(H,69,79)/t28?,29?,30-,33?,34?,36?,39?,40?,41?,42?,43?,50?/m0/s1. The van der Waals surface area contributed by atoms with Gasteiger partial charge in [0.05, 0.1) is 55.1 Å². The zero-order valence-electron chi connectivity index (χ0n) is 49.6. The summed E-state index contributed by atoms with van der Waals surface area (Å²) in [6, 6.07) is 5.30. The topological polar surface area (TPSA) is 425 Å². The molecule has 4 aliphatic heterocycles. The highest BCUT2D eigenvalue weighted by Crippen LogP contribution is 2.34. The molecule has 5 heterocycles. The summed E-state index contributed by atoms with van der Waals surface area (Å²) in [7, 11) is 0. The summed E-state index contributed by atoms with van der Waals surface area (Å²) in [6.07, 6.45) is -3.89. The highest BCUT2D eigenvalue weighted by atomic mass is 32.2. The number of likely N-dealkylation sites (tertiary alicyclic amines) is 1. The fourth-order valence-corrected chi connectivity index (χ4v) is 12.2. The summed E-state index contributed by atoms with van der Waals surface area (Å²) in [4.78, 5) is 182. The lowest BCUT2D eigenvalue weighted by Crippen LogP contribution is -2.58. The van der Waals surface area contributed by atoms with E-state index in [4.69, 9.17) is 0 Å². The number of anilines is 1. The Hall–Kier alpha value is -8.13. The van der Waals surface area contributed by atoms with Crippen LogP contribution in [0.15, 0.2) is 53.6 Å². The third-order valence-electron chi connectivity index (χ3n) is 16.2. The number of aromatic amines is 1. The fraction of sp³-hybridized carbons (Fsp3) is 0.534. The van der Waals surface area contributed by atoms with Gasteiger partial charge in [0, 0.05) is 73.2 Å². The van der Waals surface area contributed by atoms with Crippen molar-refractivity contribution in [1.29, 1.82) is 0 Å². The molecular weight excluding hydrogens is 1200 g/mol. The van der Waals surface area contributed by atoms with E-state index in [1.807, 2.05) is 0 Å². The van der Waals surface area contributed by atoms with Crippen LogP contribution in [0.4, 0.5) is 5.69 Å². The summed E-state index contributed by atoms with van der Waals surface area (Å²) in [6.45, 7) is 3.16. The number of aliphatic hydroxyl groups is 3. The lowest BCUT2D eigenvalue weighted by Gasteiger charge is -2.34. The van der Waals surface area contributed by atoms with Crippen molar-refractivity contribution in [2.24, 2.45) is 17.8 Å². The number of benzene rings is 2. The van der Waals surface area contributed by atoms with E-state index >= 15 is 4.79 Å². The molecule has 2 aromatic carbocycles. The second-order valence-corrected chi connectivity index (χ2v) is 24.3. The number of hydrogen-bond acceptors (Lipinski definition) is 18. The number of imide groups is 1. The highest BCUT2D eigenvalue weighted by molar-refractivity contribution is 7.99. The Labute approximate surface area is 521 Å². The van der Waals surface area contributed by atoms with Crippen LogP contribution < -0.4 is 53.2 Å². The van der Waals surface area contributed by atoms with Gasteiger partial charge in [-0.05, 0) is 60.9 Å². The van der Waals surface area contributed by atoms with E-state index in [9.17, 15) is 72.9 Å². The van der Waals surface area contributed by atoms with Gasteiger partial charge in [-0.15, -0.1) is 11.8 Å². The van der Waals surface area contributed by atoms with E-state index < -0.39 is 181 Å². The Bertz CT molecular complexity index is 3190. The van der Waals surface area contributed by atoms with Crippen LogP contribution in [0.5, 0.6) is 0 Å². The minimum atomic E-state index is -1.70. The van der Waals surface area contributed by atoms with Crippen molar-refractivity contribution in [3.8, 4) is 0 Å². The Balaban J connectivity index is 1.12. The van der Waals surface area contributed by atoms with Gasteiger partial charge in [0.2, 0.25) is 76.8 Å². The first-order valence-corrected chi connectivity index (χ1v) is 30.8. The third kappa shape index (κ3) is 18.3. The summed E-state index contributed by atoms with van der Waals surface area (Å²) in [5.41, 5.74) is 1.89. The molecule has 4 aliphatic rings. The molecule has 0 radical (unpaired) electrons. The molecule has 2 bridgehead atoms. The van der Waals surface area contributed by atoms with Crippen LogP contribution in [0.1, 0.15) is 77.3 Å². The molecule has 2 saturated heterocycles. The Kier molecular flexibility index (Phi) is 24.1. The molecule has 14 N–H and O–H groups in total. The average Bonchev–Trinajstić information content (AvgIpc) is 1.79. The Morgan fingerprint density at radius 1 is 0.775 bits per heavy atom. The molecule has 0 aliphatic carbocycles. The molecule has 3 aromatic rings. The largest absolute Gasteiger partial charge is 0.394 e. The smallest absolute Gasteiger partial charge is 0.246 e. The van der Waals surface area contributed by atoms with E-state index in [-0.39, 0.29) is 57.5 Å². The quantitative estimate of drug-likeness (QED) is 0.0465. The van der Waals surface area contributed by atoms with Crippen LogP contribution in [-0.2, 0) is 75.3 Å². The molecule has 11 unspecified atom stereocenters. The predicted octanol–water partition coefficient (Wildman–Crippen LogP) is -3.28. The van der Waals surface area contributed by atoms with E-state index in [1.165, 1.54) is 30.9 Å². The molecule has 89 heavy (non-hydrogen) atoms. The van der Waals surface area contributed by atoms with Crippen molar-refractivity contribution in [3.63, 3.8) is 0 Å². The van der Waals surface area contributed by atoms with Crippen molar-refractivity contribution in [2.45, 2.75) is 138 Å². The minimum absolute atomic E-state index is 0.0692. The first-order valence-electron chi connectivity index (χ1n) is 29.3. The van der Waals surface area contributed by atoms with E-state index in [0.717, 1.165) is 16.7 Å². The first-order chi connectivity index (χ1) is 42.3. The van der Waals surface area contributed by atoms with Crippen LogP contribution in [0.25, 0.3) is 10.9 Å². The maximum Gasteiger partial charge on any atom is 0.246 e. The first kappa shape index (κ1) is 68.4. The van der Waals surface area contributed by atoms with Gasteiger partial charge in [-0.2, -0.15) is 12.6 Å². The summed E-state index contributed by atoms with van der Waals surface area (Å²) in [5, 5.41) is 58.8. The van der Waals surface area contributed by atoms with Crippen molar-refractivity contribution in [1.82, 2.24) is 62.6 Å². The molecule has 0 spiro atoms. The zero-order valence-corrected chi connectivity index (χ0v) is 51.3. The van der Waals surface area contributed by atoms with Gasteiger partial charge >= 0.3 is 0 Å². The normalized spacial score (nSPS) is 24.8. The average molecular weight is 1280 g/mol. The maximum absolute atomic E-state index is 15.1. The highest BCUT2D eigenvalue weighted by Gasteiger charge is 2.44. The number of hydrogen-bond donors (Lipinski definition) is 15. The number of rotatable bonds is 17. The number of H-pyrrole nitrogens is 1. The summed E-state index contributed by atoms with van der Waals surface area (Å²) in [5.74, 6) is -12.5. The molecule has 7 rings (SSSR count). The predicted molar refractivity (Wildman–Crippen MR) is 323 cm³/mol. The molecular formula is C58H77N13O16S2. The number of carbonyl (C=O) groups is 13. The molecule has 29 nitrogen and oxygen atoms in total. The molecule has 1 aromatic heterocycles.